The summed E-state index contributed by atoms with van der Waals surface area (Å²) in [5.74, 6) is 0.796. The lowest BCUT2D eigenvalue weighted by Gasteiger charge is -2.54. The smallest absolute Gasteiger partial charge is 0.0803 e. The van der Waals surface area contributed by atoms with E-state index in [0.717, 1.165) is 24.6 Å². The number of likely N-dealkylation sites (tertiary alicyclic amines) is 3. The Labute approximate surface area is 206 Å². The first-order valence-electron chi connectivity index (χ1n) is 13.8. The third-order valence-corrected chi connectivity index (χ3v) is 10.1. The number of nitrogens with zero attached hydrogens (tertiary/aromatic N) is 3. The summed E-state index contributed by atoms with van der Waals surface area (Å²) in [5.41, 5.74) is 0.835. The highest BCUT2D eigenvalue weighted by Crippen LogP contribution is 2.47. The molecule has 3 fully saturated rings. The Bertz CT molecular complexity index is 667. The van der Waals surface area contributed by atoms with Crippen LogP contribution >= 0.6 is 0 Å². The van der Waals surface area contributed by atoms with Crippen molar-refractivity contribution < 1.29 is 4.74 Å². The minimum atomic E-state index is -0.137. The second-order valence-electron chi connectivity index (χ2n) is 14.8. The zero-order valence-corrected chi connectivity index (χ0v) is 24.3. The van der Waals surface area contributed by atoms with Crippen LogP contribution < -0.4 is 0 Å². The summed E-state index contributed by atoms with van der Waals surface area (Å²) in [4.78, 5) is 8.34. The molecule has 3 saturated heterocycles. The van der Waals surface area contributed by atoms with Gasteiger partial charge in [-0.25, -0.2) is 0 Å². The molecule has 0 amide bonds. The van der Waals surface area contributed by atoms with Crippen LogP contribution in [-0.2, 0) is 4.74 Å². The SMILES string of the molecule is CCOC(C)(C)C(C)(C)N1CCC(C(C)(C)CC(C)(C)N2C[C@@H]3C[C@H]2CN3C(C)(C)C)CC1. The van der Waals surface area contributed by atoms with Gasteiger partial charge in [0.2, 0.25) is 0 Å². The Kier molecular flexibility index (Phi) is 7.52. The predicted octanol–water partition coefficient (Wildman–Crippen LogP) is 6.04. The molecule has 0 aliphatic carbocycles. The van der Waals surface area contributed by atoms with Gasteiger partial charge in [0.1, 0.15) is 0 Å². The molecule has 0 saturated carbocycles. The number of fused-ring (bicyclic) bond motifs is 2. The van der Waals surface area contributed by atoms with E-state index in [1.165, 1.54) is 51.9 Å². The first-order valence-corrected chi connectivity index (χ1v) is 13.8. The highest BCUT2D eigenvalue weighted by atomic mass is 16.5. The minimum absolute atomic E-state index is 0.0467. The number of hydrogen-bond donors (Lipinski definition) is 0. The molecular weight excluding hydrogens is 406 g/mol. The Morgan fingerprint density at radius 2 is 1.27 bits per heavy atom. The first-order chi connectivity index (χ1) is 14.9. The van der Waals surface area contributed by atoms with Crippen molar-refractivity contribution in [1.82, 2.24) is 14.7 Å². The molecule has 0 N–H and O–H groups in total. The van der Waals surface area contributed by atoms with Crippen LogP contribution in [0.15, 0.2) is 0 Å². The third-order valence-electron chi connectivity index (χ3n) is 10.1. The molecule has 0 spiro atoms. The lowest BCUT2D eigenvalue weighted by Crippen LogP contribution is -2.61. The molecule has 4 nitrogen and oxygen atoms in total. The average molecular weight is 464 g/mol. The van der Waals surface area contributed by atoms with Gasteiger partial charge >= 0.3 is 0 Å². The van der Waals surface area contributed by atoms with Crippen molar-refractivity contribution in [1.29, 1.82) is 0 Å². The second kappa shape index (κ2) is 9.05. The minimum Gasteiger partial charge on any atom is -0.374 e. The number of rotatable bonds is 8. The maximum absolute atomic E-state index is 6.17. The van der Waals surface area contributed by atoms with Gasteiger partial charge in [-0.3, -0.25) is 14.7 Å². The second-order valence-corrected chi connectivity index (χ2v) is 14.8. The number of piperazine rings is 1. The Hall–Kier alpha value is -0.160. The summed E-state index contributed by atoms with van der Waals surface area (Å²) in [7, 11) is 0. The van der Waals surface area contributed by atoms with Gasteiger partial charge in [0, 0.05) is 48.4 Å². The zero-order valence-electron chi connectivity index (χ0n) is 24.3. The molecule has 0 aromatic rings. The summed E-state index contributed by atoms with van der Waals surface area (Å²) in [6, 6.07) is 1.49. The molecule has 0 radical (unpaired) electrons. The lowest BCUT2D eigenvalue weighted by atomic mass is 9.66. The summed E-state index contributed by atoms with van der Waals surface area (Å²) in [6.45, 7) is 34.4. The van der Waals surface area contributed by atoms with E-state index in [4.69, 9.17) is 4.74 Å². The van der Waals surface area contributed by atoms with Crippen molar-refractivity contribution in [3.8, 4) is 0 Å². The van der Waals surface area contributed by atoms with Crippen molar-refractivity contribution in [3.63, 3.8) is 0 Å². The van der Waals surface area contributed by atoms with Crippen molar-refractivity contribution in [2.45, 2.75) is 143 Å². The van der Waals surface area contributed by atoms with Crippen LogP contribution in [0.25, 0.3) is 0 Å². The van der Waals surface area contributed by atoms with Gasteiger partial charge in [-0.05, 0) is 119 Å². The predicted molar refractivity (Wildman–Crippen MR) is 142 cm³/mol. The molecule has 3 rings (SSSR count). The van der Waals surface area contributed by atoms with Crippen LogP contribution in [0.2, 0.25) is 0 Å². The van der Waals surface area contributed by atoms with Gasteiger partial charge < -0.3 is 4.74 Å². The molecule has 3 aliphatic heterocycles. The van der Waals surface area contributed by atoms with Crippen LogP contribution in [0.1, 0.15) is 109 Å². The van der Waals surface area contributed by atoms with E-state index < -0.39 is 0 Å². The van der Waals surface area contributed by atoms with Gasteiger partial charge in [0.15, 0.2) is 0 Å². The number of hydrogen-bond acceptors (Lipinski definition) is 4. The third kappa shape index (κ3) is 5.34. The first kappa shape index (κ1) is 27.4. The Morgan fingerprint density at radius 1 is 0.758 bits per heavy atom. The molecule has 0 aromatic heterocycles. The summed E-state index contributed by atoms with van der Waals surface area (Å²) < 4.78 is 6.17. The van der Waals surface area contributed by atoms with E-state index in [1.807, 2.05) is 0 Å². The zero-order chi connectivity index (χ0) is 25.0. The molecule has 0 unspecified atom stereocenters. The summed E-state index contributed by atoms with van der Waals surface area (Å²) >= 11 is 0. The highest BCUT2D eigenvalue weighted by molar-refractivity contribution is 5.08. The number of ether oxygens (including phenoxy) is 1. The molecule has 33 heavy (non-hydrogen) atoms. The normalized spacial score (nSPS) is 27.6. The van der Waals surface area contributed by atoms with E-state index >= 15 is 0 Å². The van der Waals surface area contributed by atoms with Gasteiger partial charge in [0.05, 0.1) is 5.60 Å². The van der Waals surface area contributed by atoms with Gasteiger partial charge in [0.25, 0.3) is 0 Å². The van der Waals surface area contributed by atoms with Gasteiger partial charge in [-0.2, -0.15) is 0 Å². The molecule has 194 valence electrons. The van der Waals surface area contributed by atoms with Crippen LogP contribution in [-0.4, -0.2) is 81.8 Å². The van der Waals surface area contributed by atoms with Crippen molar-refractivity contribution in [2.75, 3.05) is 32.8 Å². The van der Waals surface area contributed by atoms with Crippen LogP contribution in [0, 0.1) is 11.3 Å². The van der Waals surface area contributed by atoms with Gasteiger partial charge in [-0.1, -0.05) is 13.8 Å². The average Bonchev–Trinajstić information content (AvgIpc) is 3.28. The fraction of sp³-hybridized carbons (Fsp3) is 1.00. The van der Waals surface area contributed by atoms with Crippen LogP contribution in [0.3, 0.4) is 0 Å². The topological polar surface area (TPSA) is 19.0 Å². The quantitative estimate of drug-likeness (QED) is 0.436. The molecule has 4 heteroatoms. The molecule has 2 bridgehead atoms. The van der Waals surface area contributed by atoms with E-state index in [1.54, 1.807) is 0 Å². The molecule has 2 atom stereocenters. The van der Waals surface area contributed by atoms with Gasteiger partial charge in [-0.15, -0.1) is 0 Å². The van der Waals surface area contributed by atoms with Crippen LogP contribution in [0.5, 0.6) is 0 Å². The summed E-state index contributed by atoms with van der Waals surface area (Å²) in [6.07, 6.45) is 5.26. The van der Waals surface area contributed by atoms with E-state index in [-0.39, 0.29) is 16.7 Å². The van der Waals surface area contributed by atoms with Crippen molar-refractivity contribution in [2.24, 2.45) is 11.3 Å². The molecular formula is C29H57N3O. The highest BCUT2D eigenvalue weighted by Gasteiger charge is 2.52. The molecule has 0 aromatic carbocycles. The largest absolute Gasteiger partial charge is 0.374 e. The standard InChI is InChI=1S/C29H57N3O/c1-13-33-29(11,12)28(9,10)30-16-14-22(15-17-30)26(5,6)21-27(7,8)32-20-23-18-24(32)19-31(23)25(2,3)4/h22-24H,13-21H2,1-12H3/t23-,24-/m0/s1. The Morgan fingerprint density at radius 3 is 1.73 bits per heavy atom. The molecule has 3 heterocycles. The molecule has 3 aliphatic rings. The monoisotopic (exact) mass is 463 g/mol. The number of piperidine rings is 1. The van der Waals surface area contributed by atoms with E-state index in [2.05, 4.69) is 97.8 Å². The van der Waals surface area contributed by atoms with E-state index in [9.17, 15) is 0 Å². The van der Waals surface area contributed by atoms with Crippen molar-refractivity contribution in [3.05, 3.63) is 0 Å². The maximum Gasteiger partial charge on any atom is 0.0803 e. The maximum atomic E-state index is 6.17. The lowest BCUT2D eigenvalue weighted by molar-refractivity contribution is -0.126. The van der Waals surface area contributed by atoms with E-state index in [0.29, 0.717) is 11.0 Å². The van der Waals surface area contributed by atoms with Crippen LogP contribution in [0.4, 0.5) is 0 Å². The fourth-order valence-electron chi connectivity index (χ4n) is 7.73. The Balaban J connectivity index is 1.59. The summed E-state index contributed by atoms with van der Waals surface area (Å²) in [5, 5.41) is 0. The van der Waals surface area contributed by atoms with Crippen molar-refractivity contribution >= 4 is 0 Å². The fourth-order valence-corrected chi connectivity index (χ4v) is 7.73.